The van der Waals surface area contributed by atoms with E-state index in [1.807, 2.05) is 30.9 Å². The van der Waals surface area contributed by atoms with E-state index in [0.717, 1.165) is 12.0 Å². The van der Waals surface area contributed by atoms with Crippen LogP contribution in [0.4, 0.5) is 5.95 Å². The molecule has 9 nitrogen and oxygen atoms in total. The molecule has 170 valence electrons. The number of piperazine rings is 1. The summed E-state index contributed by atoms with van der Waals surface area (Å²) in [7, 11) is 0. The van der Waals surface area contributed by atoms with Gasteiger partial charge in [0.1, 0.15) is 5.60 Å². The molecule has 1 amide bonds. The van der Waals surface area contributed by atoms with Crippen molar-refractivity contribution >= 4 is 17.8 Å². The summed E-state index contributed by atoms with van der Waals surface area (Å²) in [6.45, 7) is 7.56. The van der Waals surface area contributed by atoms with Gasteiger partial charge in [-0.1, -0.05) is 12.1 Å². The van der Waals surface area contributed by atoms with E-state index in [2.05, 4.69) is 9.97 Å². The maximum Gasteiger partial charge on any atom is 0.344 e. The summed E-state index contributed by atoms with van der Waals surface area (Å²) >= 11 is 0. The molecule has 0 N–H and O–H groups in total. The van der Waals surface area contributed by atoms with Crippen molar-refractivity contribution in [2.24, 2.45) is 0 Å². The lowest BCUT2D eigenvalue weighted by Gasteiger charge is -2.35. The van der Waals surface area contributed by atoms with E-state index in [4.69, 9.17) is 14.2 Å². The zero-order valence-electron chi connectivity index (χ0n) is 18.6. The van der Waals surface area contributed by atoms with E-state index in [1.165, 1.54) is 0 Å². The van der Waals surface area contributed by atoms with Crippen LogP contribution in [-0.4, -0.2) is 71.2 Å². The lowest BCUT2D eigenvalue weighted by atomic mass is 10.0. The molecule has 9 heteroatoms. The molecule has 2 aliphatic rings. The zero-order valence-corrected chi connectivity index (χ0v) is 18.6. The van der Waals surface area contributed by atoms with Crippen LogP contribution in [0.15, 0.2) is 36.7 Å². The first-order valence-electron chi connectivity index (χ1n) is 10.8. The Bertz CT molecular complexity index is 974. The second-order valence-electron chi connectivity index (χ2n) is 8.56. The molecular weight excluding hydrogens is 412 g/mol. The lowest BCUT2D eigenvalue weighted by molar-refractivity contribution is -0.160. The predicted molar refractivity (Wildman–Crippen MR) is 117 cm³/mol. The van der Waals surface area contributed by atoms with Crippen molar-refractivity contribution < 1.29 is 23.8 Å². The van der Waals surface area contributed by atoms with Gasteiger partial charge in [-0.05, 0) is 32.9 Å². The summed E-state index contributed by atoms with van der Waals surface area (Å²) in [5.41, 5.74) is 0.740. The lowest BCUT2D eigenvalue weighted by Crippen LogP contribution is -2.52. The molecule has 4 rings (SSSR count). The number of benzene rings is 1. The number of carbonyl (C=O) groups is 2. The fourth-order valence-electron chi connectivity index (χ4n) is 3.96. The Morgan fingerprint density at radius 2 is 1.84 bits per heavy atom. The van der Waals surface area contributed by atoms with Crippen molar-refractivity contribution in [1.82, 2.24) is 14.9 Å². The van der Waals surface area contributed by atoms with Gasteiger partial charge in [0.15, 0.2) is 24.2 Å². The molecular formula is C23H28N4O5. The minimum Gasteiger partial charge on any atom is -0.483 e. The van der Waals surface area contributed by atoms with Gasteiger partial charge in [-0.3, -0.25) is 4.79 Å². The second-order valence-corrected chi connectivity index (χ2v) is 8.56. The summed E-state index contributed by atoms with van der Waals surface area (Å²) in [6, 6.07) is 7.39. The third-order valence-corrected chi connectivity index (χ3v) is 5.48. The summed E-state index contributed by atoms with van der Waals surface area (Å²) in [5, 5.41) is 0. The van der Waals surface area contributed by atoms with Crippen molar-refractivity contribution in [3.05, 3.63) is 42.2 Å². The van der Waals surface area contributed by atoms with Crippen molar-refractivity contribution in [2.45, 2.75) is 38.9 Å². The maximum absolute atomic E-state index is 12.7. The Kier molecular flexibility index (Phi) is 6.16. The fraction of sp³-hybridized carbons (Fsp3) is 0.478. The minimum atomic E-state index is -0.887. The Labute approximate surface area is 187 Å². The molecule has 1 saturated heterocycles. The van der Waals surface area contributed by atoms with Crippen molar-refractivity contribution in [3.8, 4) is 11.5 Å². The van der Waals surface area contributed by atoms with Crippen molar-refractivity contribution in [2.75, 3.05) is 37.7 Å². The van der Waals surface area contributed by atoms with Gasteiger partial charge >= 0.3 is 5.97 Å². The summed E-state index contributed by atoms with van der Waals surface area (Å²) < 4.78 is 16.9. The quantitative estimate of drug-likeness (QED) is 0.629. The third-order valence-electron chi connectivity index (χ3n) is 5.48. The maximum atomic E-state index is 12.7. The fourth-order valence-corrected chi connectivity index (χ4v) is 3.96. The highest BCUT2D eigenvalue weighted by molar-refractivity contribution is 5.84. The van der Waals surface area contributed by atoms with E-state index in [9.17, 15) is 9.59 Å². The first-order chi connectivity index (χ1) is 15.3. The van der Waals surface area contributed by atoms with E-state index in [-0.39, 0.29) is 18.1 Å². The molecule has 2 aliphatic heterocycles. The number of amides is 1. The van der Waals surface area contributed by atoms with Crippen LogP contribution >= 0.6 is 0 Å². The molecule has 1 aromatic heterocycles. The number of hydrogen-bond donors (Lipinski definition) is 0. The smallest absolute Gasteiger partial charge is 0.344 e. The average Bonchev–Trinajstić information content (AvgIpc) is 3.12. The number of ether oxygens (including phenoxy) is 3. The van der Waals surface area contributed by atoms with E-state index >= 15 is 0 Å². The highest BCUT2D eigenvalue weighted by Crippen LogP contribution is 2.41. The van der Waals surface area contributed by atoms with Gasteiger partial charge in [0.05, 0.1) is 0 Å². The van der Waals surface area contributed by atoms with Gasteiger partial charge in [0.25, 0.3) is 5.91 Å². The van der Waals surface area contributed by atoms with Crippen LogP contribution in [0, 0.1) is 0 Å². The number of para-hydroxylation sites is 1. The molecule has 2 aromatic rings. The third kappa shape index (κ3) is 4.92. The topological polar surface area (TPSA) is 94.1 Å². The Balaban J connectivity index is 1.25. The Hall–Kier alpha value is -3.36. The van der Waals surface area contributed by atoms with Gasteiger partial charge < -0.3 is 24.0 Å². The van der Waals surface area contributed by atoms with Gasteiger partial charge in [0.2, 0.25) is 5.95 Å². The van der Waals surface area contributed by atoms with Crippen LogP contribution in [0.5, 0.6) is 11.5 Å². The van der Waals surface area contributed by atoms with E-state index in [1.54, 1.807) is 36.4 Å². The van der Waals surface area contributed by atoms with Crippen LogP contribution in [0.25, 0.3) is 0 Å². The summed E-state index contributed by atoms with van der Waals surface area (Å²) in [6.07, 6.45) is 3.28. The molecule has 0 spiro atoms. The number of anilines is 1. The number of fused-ring (bicyclic) bond motifs is 1. The number of esters is 1. The molecule has 1 atom stereocenters. The van der Waals surface area contributed by atoms with Crippen LogP contribution in [0.1, 0.15) is 26.3 Å². The molecule has 1 unspecified atom stereocenters. The van der Waals surface area contributed by atoms with E-state index in [0.29, 0.717) is 43.6 Å². The minimum absolute atomic E-state index is 0.224. The van der Waals surface area contributed by atoms with Crippen LogP contribution < -0.4 is 14.4 Å². The number of rotatable bonds is 6. The van der Waals surface area contributed by atoms with Gasteiger partial charge in [-0.25, -0.2) is 14.8 Å². The SMILES string of the molecule is CC(OC(=O)COc1cccc2c1OC(C)(C)C2)C(=O)N1CCN(c2ncccn2)CC1. The summed E-state index contributed by atoms with van der Waals surface area (Å²) in [5.74, 6) is 0.989. The molecule has 0 saturated carbocycles. The molecule has 3 heterocycles. The highest BCUT2D eigenvalue weighted by Gasteiger charge is 2.33. The second kappa shape index (κ2) is 9.02. The number of carbonyl (C=O) groups excluding carboxylic acids is 2. The first-order valence-corrected chi connectivity index (χ1v) is 10.8. The molecule has 0 aliphatic carbocycles. The van der Waals surface area contributed by atoms with Crippen LogP contribution in [-0.2, 0) is 20.7 Å². The number of aromatic nitrogens is 2. The van der Waals surface area contributed by atoms with Crippen LogP contribution in [0.2, 0.25) is 0 Å². The average molecular weight is 441 g/mol. The van der Waals surface area contributed by atoms with Gasteiger partial charge in [0, 0.05) is 50.6 Å². The van der Waals surface area contributed by atoms with Crippen LogP contribution in [0.3, 0.4) is 0 Å². The Morgan fingerprint density at radius 3 is 2.56 bits per heavy atom. The molecule has 1 fully saturated rings. The molecule has 1 aromatic carbocycles. The molecule has 0 bridgehead atoms. The zero-order chi connectivity index (χ0) is 22.7. The normalized spacial score (nSPS) is 17.8. The number of hydrogen-bond acceptors (Lipinski definition) is 8. The first kappa shape index (κ1) is 21.9. The molecule has 32 heavy (non-hydrogen) atoms. The van der Waals surface area contributed by atoms with Gasteiger partial charge in [-0.15, -0.1) is 0 Å². The molecule has 0 radical (unpaired) electrons. The van der Waals surface area contributed by atoms with E-state index < -0.39 is 12.1 Å². The van der Waals surface area contributed by atoms with Crippen molar-refractivity contribution in [1.29, 1.82) is 0 Å². The number of nitrogens with zero attached hydrogens (tertiary/aromatic N) is 4. The Morgan fingerprint density at radius 1 is 1.12 bits per heavy atom. The van der Waals surface area contributed by atoms with Gasteiger partial charge in [-0.2, -0.15) is 0 Å². The largest absolute Gasteiger partial charge is 0.483 e. The van der Waals surface area contributed by atoms with Crippen molar-refractivity contribution in [3.63, 3.8) is 0 Å². The standard InChI is InChI=1S/C23H28N4O5/c1-16(21(29)26-10-12-27(13-11-26)22-24-8-5-9-25-22)31-19(28)15-30-18-7-4-6-17-14-23(2,3)32-20(17)18/h4-9,16H,10-15H2,1-3H3. The summed E-state index contributed by atoms with van der Waals surface area (Å²) in [4.78, 5) is 37.2. The highest BCUT2D eigenvalue weighted by atomic mass is 16.6. The monoisotopic (exact) mass is 440 g/mol. The predicted octanol–water partition coefficient (Wildman–Crippen LogP) is 1.85.